The van der Waals surface area contributed by atoms with Gasteiger partial charge in [-0.25, -0.2) is 4.79 Å². The zero-order valence-corrected chi connectivity index (χ0v) is 18.2. The summed E-state index contributed by atoms with van der Waals surface area (Å²) in [5, 5.41) is 28.3. The fourth-order valence-electron chi connectivity index (χ4n) is 3.60. The summed E-state index contributed by atoms with van der Waals surface area (Å²) in [6.45, 7) is 1.98. The summed E-state index contributed by atoms with van der Waals surface area (Å²) in [4.78, 5) is 11.6. The van der Waals surface area contributed by atoms with E-state index in [2.05, 4.69) is 6.92 Å². The van der Waals surface area contributed by atoms with Crippen LogP contribution < -0.4 is 0 Å². The molecule has 0 radical (unpaired) electrons. The molecule has 0 aromatic heterocycles. The van der Waals surface area contributed by atoms with E-state index in [1.807, 2.05) is 0 Å². The van der Waals surface area contributed by atoms with Crippen LogP contribution in [-0.4, -0.2) is 46.7 Å². The molecule has 1 aliphatic rings. The first-order valence-electron chi connectivity index (χ1n) is 11.7. The third-order valence-corrected chi connectivity index (χ3v) is 5.45. The first kappa shape index (κ1) is 25.8. The third kappa shape index (κ3) is 10.9. The Morgan fingerprint density at radius 1 is 0.862 bits per heavy atom. The molecule has 1 heterocycles. The highest BCUT2D eigenvalue weighted by atomic mass is 16.6. The van der Waals surface area contributed by atoms with Gasteiger partial charge in [0.25, 0.3) is 0 Å². The van der Waals surface area contributed by atoms with Crippen LogP contribution >= 0.6 is 0 Å². The van der Waals surface area contributed by atoms with Gasteiger partial charge in [0.2, 0.25) is 5.76 Å². The van der Waals surface area contributed by atoms with E-state index in [1.165, 1.54) is 77.0 Å². The van der Waals surface area contributed by atoms with E-state index in [0.717, 1.165) is 19.3 Å². The summed E-state index contributed by atoms with van der Waals surface area (Å²) in [6.07, 6.45) is 16.6. The minimum Gasteiger partial charge on any atom is -0.505 e. The molecule has 0 spiro atoms. The SMILES string of the molecule is CCCCCCCCCCCCCCCCCOC1=C(O)[C@@H]([C@@H](O)CO)OC1=O. The van der Waals surface area contributed by atoms with Crippen LogP contribution in [0.4, 0.5) is 0 Å². The number of aliphatic hydroxyl groups is 3. The van der Waals surface area contributed by atoms with Crippen LogP contribution in [0.15, 0.2) is 11.5 Å². The zero-order chi connectivity index (χ0) is 21.3. The molecule has 0 unspecified atom stereocenters. The summed E-state index contributed by atoms with van der Waals surface area (Å²) >= 11 is 0. The van der Waals surface area contributed by atoms with Crippen LogP contribution in [0, 0.1) is 0 Å². The highest BCUT2D eigenvalue weighted by Crippen LogP contribution is 2.24. The molecule has 0 saturated heterocycles. The second-order valence-electron chi connectivity index (χ2n) is 8.09. The van der Waals surface area contributed by atoms with Crippen LogP contribution in [0.5, 0.6) is 0 Å². The Morgan fingerprint density at radius 2 is 1.31 bits per heavy atom. The van der Waals surface area contributed by atoms with E-state index < -0.39 is 30.5 Å². The number of carbonyl (C=O) groups excluding carboxylic acids is 1. The van der Waals surface area contributed by atoms with Gasteiger partial charge in [-0.3, -0.25) is 0 Å². The van der Waals surface area contributed by atoms with Crippen molar-refractivity contribution >= 4 is 5.97 Å². The lowest BCUT2D eigenvalue weighted by Gasteiger charge is -2.13. The molecule has 170 valence electrons. The van der Waals surface area contributed by atoms with Gasteiger partial charge in [0.15, 0.2) is 11.9 Å². The van der Waals surface area contributed by atoms with Crippen molar-refractivity contribution in [3.8, 4) is 0 Å². The lowest BCUT2D eigenvalue weighted by atomic mass is 10.0. The summed E-state index contributed by atoms with van der Waals surface area (Å²) in [7, 11) is 0. The molecular weight excluding hydrogens is 372 g/mol. The van der Waals surface area contributed by atoms with E-state index >= 15 is 0 Å². The lowest BCUT2D eigenvalue weighted by molar-refractivity contribution is -0.148. The number of hydrogen-bond donors (Lipinski definition) is 3. The van der Waals surface area contributed by atoms with Gasteiger partial charge in [-0.1, -0.05) is 96.8 Å². The quantitative estimate of drug-likeness (QED) is 0.205. The highest BCUT2D eigenvalue weighted by molar-refractivity contribution is 5.89. The molecule has 29 heavy (non-hydrogen) atoms. The van der Waals surface area contributed by atoms with Crippen molar-refractivity contribution in [2.45, 2.75) is 115 Å². The molecule has 6 heteroatoms. The normalized spacial score (nSPS) is 17.6. The maximum absolute atomic E-state index is 11.6. The molecule has 0 saturated carbocycles. The Morgan fingerprint density at radius 3 is 1.76 bits per heavy atom. The monoisotopic (exact) mass is 414 g/mol. The lowest BCUT2D eigenvalue weighted by Crippen LogP contribution is -2.31. The number of unbranched alkanes of at least 4 members (excludes halogenated alkanes) is 14. The average molecular weight is 415 g/mol. The Balaban J connectivity index is 1.91. The second kappa shape index (κ2) is 16.5. The fraction of sp³-hybridized carbons (Fsp3) is 0.870. The van der Waals surface area contributed by atoms with Crippen molar-refractivity contribution in [1.82, 2.24) is 0 Å². The minimum atomic E-state index is -1.34. The van der Waals surface area contributed by atoms with Gasteiger partial charge in [-0.2, -0.15) is 0 Å². The van der Waals surface area contributed by atoms with Crippen molar-refractivity contribution in [3.05, 3.63) is 11.5 Å². The molecule has 0 bridgehead atoms. The van der Waals surface area contributed by atoms with Gasteiger partial charge in [-0.15, -0.1) is 0 Å². The summed E-state index contributed by atoms with van der Waals surface area (Å²) in [5.41, 5.74) is 0. The first-order chi connectivity index (χ1) is 14.1. The third-order valence-electron chi connectivity index (χ3n) is 5.45. The van der Waals surface area contributed by atoms with Gasteiger partial charge < -0.3 is 24.8 Å². The van der Waals surface area contributed by atoms with Crippen LogP contribution in [0.25, 0.3) is 0 Å². The standard InChI is InChI=1S/C23H42O6/c1-2-3-4-5-6-7-8-9-10-11-12-13-14-15-16-17-28-22-20(26)21(19(25)18-24)29-23(22)27/h19,21,24-26H,2-18H2,1H3/t19-,21+/m0/s1. The van der Waals surface area contributed by atoms with Gasteiger partial charge in [0, 0.05) is 0 Å². The van der Waals surface area contributed by atoms with Crippen LogP contribution in [0.2, 0.25) is 0 Å². The highest BCUT2D eigenvalue weighted by Gasteiger charge is 2.40. The number of hydrogen-bond acceptors (Lipinski definition) is 6. The van der Waals surface area contributed by atoms with Crippen molar-refractivity contribution < 1.29 is 29.6 Å². The molecule has 0 aromatic rings. The molecule has 0 aromatic carbocycles. The fourth-order valence-corrected chi connectivity index (χ4v) is 3.60. The molecule has 1 aliphatic heterocycles. The van der Waals surface area contributed by atoms with Crippen LogP contribution in [-0.2, 0) is 14.3 Å². The zero-order valence-electron chi connectivity index (χ0n) is 18.2. The Hall–Kier alpha value is -1.27. The van der Waals surface area contributed by atoms with Gasteiger partial charge in [0.05, 0.1) is 13.2 Å². The van der Waals surface area contributed by atoms with Crippen molar-refractivity contribution in [3.63, 3.8) is 0 Å². The van der Waals surface area contributed by atoms with Gasteiger partial charge >= 0.3 is 5.97 Å². The largest absolute Gasteiger partial charge is 0.505 e. The Labute approximate surface area is 176 Å². The van der Waals surface area contributed by atoms with Crippen molar-refractivity contribution in [2.24, 2.45) is 0 Å². The number of rotatable bonds is 19. The number of aliphatic hydroxyl groups excluding tert-OH is 3. The molecule has 0 aliphatic carbocycles. The molecule has 1 rings (SSSR count). The molecule has 6 nitrogen and oxygen atoms in total. The summed E-state index contributed by atoms with van der Waals surface area (Å²) in [6, 6.07) is 0. The number of cyclic esters (lactones) is 1. The number of ether oxygens (including phenoxy) is 2. The second-order valence-corrected chi connectivity index (χ2v) is 8.09. The topological polar surface area (TPSA) is 96.2 Å². The molecule has 2 atom stereocenters. The van der Waals surface area contributed by atoms with Crippen LogP contribution in [0.3, 0.4) is 0 Å². The van der Waals surface area contributed by atoms with E-state index in [4.69, 9.17) is 14.6 Å². The Kier molecular flexibility index (Phi) is 14.7. The van der Waals surface area contributed by atoms with E-state index in [1.54, 1.807) is 0 Å². The smallest absolute Gasteiger partial charge is 0.378 e. The van der Waals surface area contributed by atoms with Crippen LogP contribution in [0.1, 0.15) is 103 Å². The van der Waals surface area contributed by atoms with Gasteiger partial charge in [-0.05, 0) is 6.42 Å². The molecule has 0 fully saturated rings. The predicted molar refractivity (Wildman–Crippen MR) is 114 cm³/mol. The van der Waals surface area contributed by atoms with Crippen molar-refractivity contribution in [2.75, 3.05) is 13.2 Å². The van der Waals surface area contributed by atoms with Crippen molar-refractivity contribution in [1.29, 1.82) is 0 Å². The first-order valence-corrected chi connectivity index (χ1v) is 11.7. The predicted octanol–water partition coefficient (Wildman–Crippen LogP) is 4.92. The van der Waals surface area contributed by atoms with E-state index in [0.29, 0.717) is 6.61 Å². The average Bonchev–Trinajstić information content (AvgIpc) is 3.01. The molecular formula is C23H42O6. The maximum Gasteiger partial charge on any atom is 0.378 e. The van der Waals surface area contributed by atoms with Gasteiger partial charge in [0.1, 0.15) is 6.10 Å². The van der Waals surface area contributed by atoms with E-state index in [9.17, 15) is 15.0 Å². The minimum absolute atomic E-state index is 0.243. The van der Waals surface area contributed by atoms with E-state index in [-0.39, 0.29) is 5.76 Å². The maximum atomic E-state index is 11.6. The summed E-state index contributed by atoms with van der Waals surface area (Å²) < 4.78 is 10.1. The summed E-state index contributed by atoms with van der Waals surface area (Å²) in [5.74, 6) is -1.47. The number of carbonyl (C=O) groups is 1. The molecule has 0 amide bonds. The molecule has 3 N–H and O–H groups in total. The number of esters is 1. The Bertz CT molecular complexity index is 462.